The maximum Gasteiger partial charge on any atom is 0.115 e. The molecule has 0 aromatic heterocycles. The zero-order valence-electron chi connectivity index (χ0n) is 17.3. The van der Waals surface area contributed by atoms with Crippen LogP contribution in [0.15, 0.2) is 67.3 Å². The molecule has 1 saturated heterocycles. The third kappa shape index (κ3) is 5.05. The number of phenolic OH excluding ortho intramolecular Hbond substituents is 1. The number of hydrogen-bond acceptors (Lipinski definition) is 2. The van der Waals surface area contributed by atoms with Gasteiger partial charge in [-0.05, 0) is 73.7 Å². The van der Waals surface area contributed by atoms with Crippen molar-refractivity contribution in [1.82, 2.24) is 4.90 Å². The fourth-order valence-corrected chi connectivity index (χ4v) is 4.86. The molecule has 4 rings (SSSR count). The van der Waals surface area contributed by atoms with Crippen molar-refractivity contribution in [2.45, 2.75) is 63.3 Å². The number of likely N-dealkylation sites (tertiary alicyclic amines) is 1. The van der Waals surface area contributed by atoms with Crippen molar-refractivity contribution < 1.29 is 5.11 Å². The summed E-state index contributed by atoms with van der Waals surface area (Å²) in [6, 6.07) is 19.6. The van der Waals surface area contributed by atoms with E-state index >= 15 is 0 Å². The van der Waals surface area contributed by atoms with Gasteiger partial charge in [-0.2, -0.15) is 0 Å². The van der Waals surface area contributed by atoms with Crippen LogP contribution in [0.5, 0.6) is 5.75 Å². The summed E-state index contributed by atoms with van der Waals surface area (Å²) in [4.78, 5) is 2.72. The first-order valence-corrected chi connectivity index (χ1v) is 10.9. The molecule has 1 heterocycles. The zero-order chi connectivity index (χ0) is 19.8. The lowest BCUT2D eigenvalue weighted by Crippen LogP contribution is -2.52. The SMILES string of the molecule is C=CCC.Oc1cccc(C23CCCC(C2)N(CCc2ccccc2)CC3)c1. The van der Waals surface area contributed by atoms with Gasteiger partial charge in [0, 0.05) is 12.6 Å². The first-order chi connectivity index (χ1) is 13.7. The van der Waals surface area contributed by atoms with Crippen molar-refractivity contribution in [3.05, 3.63) is 78.4 Å². The van der Waals surface area contributed by atoms with Gasteiger partial charge in [0.15, 0.2) is 0 Å². The van der Waals surface area contributed by atoms with Crippen molar-refractivity contribution in [3.8, 4) is 5.75 Å². The summed E-state index contributed by atoms with van der Waals surface area (Å²) < 4.78 is 0. The molecule has 2 aromatic rings. The Kier molecular flexibility index (Phi) is 7.33. The Morgan fingerprint density at radius 3 is 2.64 bits per heavy atom. The monoisotopic (exact) mass is 377 g/mol. The van der Waals surface area contributed by atoms with E-state index in [2.05, 4.69) is 54.8 Å². The molecular formula is C26H35NO. The quantitative estimate of drug-likeness (QED) is 0.636. The van der Waals surface area contributed by atoms with Crippen LogP contribution in [-0.2, 0) is 11.8 Å². The summed E-state index contributed by atoms with van der Waals surface area (Å²) in [5.41, 5.74) is 3.10. The van der Waals surface area contributed by atoms with Crippen molar-refractivity contribution >= 4 is 0 Å². The van der Waals surface area contributed by atoms with E-state index in [1.165, 1.54) is 56.3 Å². The van der Waals surface area contributed by atoms with E-state index < -0.39 is 0 Å². The predicted octanol–water partition coefficient (Wildman–Crippen LogP) is 6.10. The molecule has 0 spiro atoms. The minimum Gasteiger partial charge on any atom is -0.508 e. The van der Waals surface area contributed by atoms with Crippen LogP contribution in [0.25, 0.3) is 0 Å². The molecule has 1 aliphatic carbocycles. The van der Waals surface area contributed by atoms with Gasteiger partial charge < -0.3 is 5.11 Å². The molecule has 28 heavy (non-hydrogen) atoms. The van der Waals surface area contributed by atoms with Crippen LogP contribution in [0, 0.1) is 0 Å². The van der Waals surface area contributed by atoms with E-state index in [-0.39, 0.29) is 0 Å². The molecule has 2 bridgehead atoms. The lowest BCUT2D eigenvalue weighted by molar-refractivity contribution is 0.0524. The summed E-state index contributed by atoms with van der Waals surface area (Å²) in [5.74, 6) is 0.413. The molecule has 150 valence electrons. The average Bonchev–Trinajstić information content (AvgIpc) is 2.74. The Hall–Kier alpha value is -2.06. The third-order valence-corrected chi connectivity index (χ3v) is 6.49. The van der Waals surface area contributed by atoms with Crippen LogP contribution >= 0.6 is 0 Å². The molecular weight excluding hydrogens is 342 g/mol. The van der Waals surface area contributed by atoms with Crippen LogP contribution in [0.4, 0.5) is 0 Å². The van der Waals surface area contributed by atoms with Gasteiger partial charge in [-0.3, -0.25) is 4.90 Å². The van der Waals surface area contributed by atoms with Gasteiger partial charge in [0.2, 0.25) is 0 Å². The highest BCUT2D eigenvalue weighted by molar-refractivity contribution is 5.34. The minimum absolute atomic E-state index is 0.297. The van der Waals surface area contributed by atoms with Gasteiger partial charge >= 0.3 is 0 Å². The van der Waals surface area contributed by atoms with E-state index in [1.54, 1.807) is 6.07 Å². The van der Waals surface area contributed by atoms with Gasteiger partial charge in [0.25, 0.3) is 0 Å². The van der Waals surface area contributed by atoms with Crippen molar-refractivity contribution in [3.63, 3.8) is 0 Å². The van der Waals surface area contributed by atoms with Crippen LogP contribution in [0.3, 0.4) is 0 Å². The van der Waals surface area contributed by atoms with E-state index in [0.717, 1.165) is 12.8 Å². The van der Waals surface area contributed by atoms with Gasteiger partial charge in [0.05, 0.1) is 0 Å². The number of aromatic hydroxyl groups is 1. The number of piperidine rings is 1. The molecule has 2 heteroatoms. The molecule has 2 aromatic carbocycles. The molecule has 2 aliphatic rings. The van der Waals surface area contributed by atoms with Crippen LogP contribution < -0.4 is 0 Å². The molecule has 1 saturated carbocycles. The molecule has 2 atom stereocenters. The average molecular weight is 378 g/mol. The van der Waals surface area contributed by atoms with Crippen LogP contribution in [0.1, 0.15) is 56.6 Å². The first-order valence-electron chi connectivity index (χ1n) is 10.9. The number of fused-ring (bicyclic) bond motifs is 2. The highest BCUT2D eigenvalue weighted by atomic mass is 16.3. The number of nitrogens with zero attached hydrogens (tertiary/aromatic N) is 1. The molecule has 1 N–H and O–H groups in total. The number of rotatable bonds is 5. The van der Waals surface area contributed by atoms with Crippen LogP contribution in [-0.4, -0.2) is 29.1 Å². The summed E-state index contributed by atoms with van der Waals surface area (Å²) in [6.07, 6.45) is 10.5. The Morgan fingerprint density at radius 1 is 1.14 bits per heavy atom. The standard InChI is InChI=1S/C22H27NO.C4H8/c24-21-10-4-8-19(16-21)22-12-5-9-20(17-22)23(15-13-22)14-11-18-6-2-1-3-7-18;1-3-4-2/h1-4,6-8,10,16,20,24H,5,9,11-15,17H2;3H,1,4H2,2H3. The van der Waals surface area contributed by atoms with E-state index in [9.17, 15) is 5.11 Å². The molecule has 1 aliphatic heterocycles. The lowest BCUT2D eigenvalue weighted by atomic mass is 9.63. The first kappa shape index (κ1) is 20.7. The van der Waals surface area contributed by atoms with Gasteiger partial charge in [-0.15, -0.1) is 6.58 Å². The Bertz CT molecular complexity index is 741. The van der Waals surface area contributed by atoms with E-state index in [0.29, 0.717) is 17.2 Å². The molecule has 2 unspecified atom stereocenters. The van der Waals surface area contributed by atoms with Gasteiger partial charge in [0.1, 0.15) is 5.75 Å². The second-order valence-corrected chi connectivity index (χ2v) is 8.30. The smallest absolute Gasteiger partial charge is 0.115 e. The third-order valence-electron chi connectivity index (χ3n) is 6.49. The molecule has 0 radical (unpaired) electrons. The van der Waals surface area contributed by atoms with Gasteiger partial charge in [-0.25, -0.2) is 0 Å². The number of allylic oxidation sites excluding steroid dienone is 1. The maximum atomic E-state index is 9.89. The fourth-order valence-electron chi connectivity index (χ4n) is 4.86. The molecule has 2 fully saturated rings. The highest BCUT2D eigenvalue weighted by Crippen LogP contribution is 2.47. The lowest BCUT2D eigenvalue weighted by Gasteiger charge is -2.51. The summed E-state index contributed by atoms with van der Waals surface area (Å²) in [7, 11) is 0. The number of phenols is 1. The largest absolute Gasteiger partial charge is 0.508 e. The normalized spacial score (nSPS) is 24.1. The second-order valence-electron chi connectivity index (χ2n) is 8.30. The second kappa shape index (κ2) is 9.93. The van der Waals surface area contributed by atoms with Crippen LogP contribution in [0.2, 0.25) is 0 Å². The van der Waals surface area contributed by atoms with E-state index in [4.69, 9.17) is 0 Å². The Balaban J connectivity index is 0.000000516. The highest BCUT2D eigenvalue weighted by Gasteiger charge is 2.43. The van der Waals surface area contributed by atoms with E-state index in [1.807, 2.05) is 18.2 Å². The maximum absolute atomic E-state index is 9.89. The molecule has 2 nitrogen and oxygen atoms in total. The Labute approximate surface area is 170 Å². The fraction of sp³-hybridized carbons (Fsp3) is 0.462. The van der Waals surface area contributed by atoms with Gasteiger partial charge in [-0.1, -0.05) is 61.9 Å². The van der Waals surface area contributed by atoms with Crippen molar-refractivity contribution in [2.75, 3.05) is 13.1 Å². The Morgan fingerprint density at radius 2 is 1.93 bits per heavy atom. The minimum atomic E-state index is 0.297. The predicted molar refractivity (Wildman–Crippen MR) is 119 cm³/mol. The summed E-state index contributed by atoms with van der Waals surface area (Å²) in [6.45, 7) is 7.90. The summed E-state index contributed by atoms with van der Waals surface area (Å²) in [5, 5.41) is 9.89. The summed E-state index contributed by atoms with van der Waals surface area (Å²) >= 11 is 0. The number of hydrogen-bond donors (Lipinski definition) is 1. The van der Waals surface area contributed by atoms with Crippen molar-refractivity contribution in [2.24, 2.45) is 0 Å². The number of benzene rings is 2. The molecule has 0 amide bonds. The van der Waals surface area contributed by atoms with Crippen molar-refractivity contribution in [1.29, 1.82) is 0 Å². The topological polar surface area (TPSA) is 23.5 Å². The zero-order valence-corrected chi connectivity index (χ0v) is 17.3.